The quantitative estimate of drug-likeness (QED) is 0.563. The van der Waals surface area contributed by atoms with Crippen LogP contribution in [0.25, 0.3) is 27.9 Å². The molecule has 2 heterocycles. The van der Waals surface area contributed by atoms with Crippen LogP contribution in [0.5, 0.6) is 0 Å². The van der Waals surface area contributed by atoms with Crippen LogP contribution in [0.3, 0.4) is 0 Å². The van der Waals surface area contributed by atoms with Crippen LogP contribution in [0, 0.1) is 6.92 Å². The molecule has 0 fully saturated rings. The number of hydrogen-bond donors (Lipinski definition) is 0. The van der Waals surface area contributed by atoms with E-state index in [1.54, 1.807) is 4.68 Å². The number of aromatic nitrogens is 5. The van der Waals surface area contributed by atoms with E-state index >= 15 is 0 Å². The van der Waals surface area contributed by atoms with E-state index < -0.39 is 0 Å². The van der Waals surface area contributed by atoms with Crippen molar-refractivity contribution in [2.24, 2.45) is 0 Å². The summed E-state index contributed by atoms with van der Waals surface area (Å²) in [6.07, 6.45) is 0. The minimum Gasteiger partial charge on any atom is -0.355 e. The number of nitrogens with zero attached hydrogens (tertiary/aromatic N) is 5. The SMILES string of the molecule is Cc1nnnn1-c1ccc2noc(-c3ccccc3)c2c1. The zero-order chi connectivity index (χ0) is 14.2. The van der Waals surface area contributed by atoms with Gasteiger partial charge in [0, 0.05) is 5.56 Å². The standard InChI is InChI=1S/C15H11N5O/c1-10-16-18-19-20(10)12-7-8-14-13(9-12)15(21-17-14)11-5-3-2-4-6-11/h2-9H,1H3. The largest absolute Gasteiger partial charge is 0.355 e. The second-order valence-electron chi connectivity index (χ2n) is 4.72. The smallest absolute Gasteiger partial charge is 0.174 e. The normalized spacial score (nSPS) is 11.1. The lowest BCUT2D eigenvalue weighted by Gasteiger charge is -2.01. The summed E-state index contributed by atoms with van der Waals surface area (Å²) < 4.78 is 7.17. The molecule has 0 atom stereocenters. The minimum atomic E-state index is 0.729. The highest BCUT2D eigenvalue weighted by atomic mass is 16.5. The summed E-state index contributed by atoms with van der Waals surface area (Å²) in [7, 11) is 0. The predicted molar refractivity (Wildman–Crippen MR) is 76.9 cm³/mol. The third-order valence-electron chi connectivity index (χ3n) is 3.37. The molecule has 0 saturated carbocycles. The first-order valence-electron chi connectivity index (χ1n) is 6.53. The van der Waals surface area contributed by atoms with Crippen LogP contribution in [0.2, 0.25) is 0 Å². The second-order valence-corrected chi connectivity index (χ2v) is 4.72. The second kappa shape index (κ2) is 4.52. The Bertz CT molecular complexity index is 910. The molecule has 0 amide bonds. The molecule has 0 unspecified atom stereocenters. The van der Waals surface area contributed by atoms with Crippen molar-refractivity contribution in [3.8, 4) is 17.0 Å². The van der Waals surface area contributed by atoms with Crippen LogP contribution in [0.1, 0.15) is 5.82 Å². The van der Waals surface area contributed by atoms with Gasteiger partial charge in [0.2, 0.25) is 0 Å². The summed E-state index contributed by atoms with van der Waals surface area (Å²) in [5.74, 6) is 1.48. The zero-order valence-electron chi connectivity index (χ0n) is 11.3. The summed E-state index contributed by atoms with van der Waals surface area (Å²) >= 11 is 0. The average molecular weight is 277 g/mol. The van der Waals surface area contributed by atoms with Gasteiger partial charge in [-0.15, -0.1) is 5.10 Å². The highest BCUT2D eigenvalue weighted by molar-refractivity contribution is 5.92. The lowest BCUT2D eigenvalue weighted by Crippen LogP contribution is -1.98. The number of fused-ring (bicyclic) bond motifs is 1. The number of aryl methyl sites for hydroxylation is 1. The monoisotopic (exact) mass is 277 g/mol. The van der Waals surface area contributed by atoms with Gasteiger partial charge in [-0.1, -0.05) is 35.5 Å². The Kier molecular flexibility index (Phi) is 2.53. The molecule has 2 aromatic heterocycles. The Morgan fingerprint density at radius 1 is 1.05 bits per heavy atom. The van der Waals surface area contributed by atoms with Crippen LogP contribution in [0.15, 0.2) is 53.1 Å². The zero-order valence-corrected chi connectivity index (χ0v) is 11.3. The Morgan fingerprint density at radius 3 is 2.67 bits per heavy atom. The van der Waals surface area contributed by atoms with E-state index in [9.17, 15) is 0 Å². The Morgan fingerprint density at radius 2 is 1.90 bits per heavy atom. The lowest BCUT2D eigenvalue weighted by atomic mass is 10.1. The topological polar surface area (TPSA) is 69.6 Å². The van der Waals surface area contributed by atoms with Gasteiger partial charge < -0.3 is 4.52 Å². The lowest BCUT2D eigenvalue weighted by molar-refractivity contribution is 0.441. The number of benzene rings is 2. The molecule has 6 heteroatoms. The van der Waals surface area contributed by atoms with Crippen LogP contribution in [-0.4, -0.2) is 25.4 Å². The Hall–Kier alpha value is -3.02. The maximum atomic E-state index is 5.49. The molecule has 0 bridgehead atoms. The van der Waals surface area contributed by atoms with Gasteiger partial charge in [0.15, 0.2) is 11.6 Å². The first-order valence-corrected chi connectivity index (χ1v) is 6.53. The van der Waals surface area contributed by atoms with Gasteiger partial charge in [-0.05, 0) is 35.5 Å². The molecule has 4 rings (SSSR count). The van der Waals surface area contributed by atoms with Gasteiger partial charge in [-0.3, -0.25) is 0 Å². The molecule has 0 aliphatic rings. The molecule has 21 heavy (non-hydrogen) atoms. The van der Waals surface area contributed by atoms with Crippen molar-refractivity contribution in [1.29, 1.82) is 0 Å². The van der Waals surface area contributed by atoms with Gasteiger partial charge in [0.1, 0.15) is 5.52 Å². The highest BCUT2D eigenvalue weighted by Crippen LogP contribution is 2.29. The molecule has 0 saturated heterocycles. The molecule has 0 aliphatic carbocycles. The third-order valence-corrected chi connectivity index (χ3v) is 3.37. The van der Waals surface area contributed by atoms with Crippen molar-refractivity contribution in [3.05, 3.63) is 54.4 Å². The van der Waals surface area contributed by atoms with Gasteiger partial charge in [0.25, 0.3) is 0 Å². The van der Waals surface area contributed by atoms with Gasteiger partial charge in [-0.2, -0.15) is 4.68 Å². The molecule has 6 nitrogen and oxygen atoms in total. The van der Waals surface area contributed by atoms with E-state index in [-0.39, 0.29) is 0 Å². The van der Waals surface area contributed by atoms with E-state index in [0.717, 1.165) is 33.7 Å². The van der Waals surface area contributed by atoms with Crippen molar-refractivity contribution in [1.82, 2.24) is 25.4 Å². The molecule has 102 valence electrons. The average Bonchev–Trinajstić information content (AvgIpc) is 3.13. The van der Waals surface area contributed by atoms with E-state index in [0.29, 0.717) is 0 Å². The summed E-state index contributed by atoms with van der Waals surface area (Å²) in [5, 5.41) is 16.6. The van der Waals surface area contributed by atoms with Crippen molar-refractivity contribution in [3.63, 3.8) is 0 Å². The van der Waals surface area contributed by atoms with Crippen LogP contribution >= 0.6 is 0 Å². The third kappa shape index (κ3) is 1.88. The molecule has 0 N–H and O–H groups in total. The predicted octanol–water partition coefficient (Wildman–Crippen LogP) is 2.78. The Balaban J connectivity index is 1.93. The molecule has 0 aliphatic heterocycles. The van der Waals surface area contributed by atoms with E-state index in [4.69, 9.17) is 4.52 Å². The number of hydrogen-bond acceptors (Lipinski definition) is 5. The van der Waals surface area contributed by atoms with E-state index in [1.807, 2.05) is 55.5 Å². The molecular formula is C15H11N5O. The highest BCUT2D eigenvalue weighted by Gasteiger charge is 2.12. The minimum absolute atomic E-state index is 0.729. The van der Waals surface area contributed by atoms with Crippen molar-refractivity contribution in [2.45, 2.75) is 6.92 Å². The summed E-state index contributed by atoms with van der Waals surface area (Å²) in [6, 6.07) is 15.7. The van der Waals surface area contributed by atoms with Gasteiger partial charge >= 0.3 is 0 Å². The van der Waals surface area contributed by atoms with E-state index in [2.05, 4.69) is 20.7 Å². The van der Waals surface area contributed by atoms with Gasteiger partial charge in [-0.25, -0.2) is 0 Å². The van der Waals surface area contributed by atoms with Crippen molar-refractivity contribution >= 4 is 10.9 Å². The van der Waals surface area contributed by atoms with Crippen molar-refractivity contribution < 1.29 is 4.52 Å². The number of rotatable bonds is 2. The fourth-order valence-corrected chi connectivity index (χ4v) is 2.33. The van der Waals surface area contributed by atoms with Crippen molar-refractivity contribution in [2.75, 3.05) is 0 Å². The molecule has 0 spiro atoms. The van der Waals surface area contributed by atoms with Crippen LogP contribution in [0.4, 0.5) is 0 Å². The van der Waals surface area contributed by atoms with Gasteiger partial charge in [0.05, 0.1) is 11.1 Å². The summed E-state index contributed by atoms with van der Waals surface area (Å²) in [5.41, 5.74) is 2.68. The molecule has 2 aromatic carbocycles. The molecular weight excluding hydrogens is 266 g/mol. The summed E-state index contributed by atoms with van der Waals surface area (Å²) in [4.78, 5) is 0. The maximum absolute atomic E-state index is 5.49. The first-order chi connectivity index (χ1) is 10.3. The Labute approximate surface area is 120 Å². The molecule has 4 aromatic rings. The maximum Gasteiger partial charge on any atom is 0.174 e. The van der Waals surface area contributed by atoms with E-state index in [1.165, 1.54) is 0 Å². The fourth-order valence-electron chi connectivity index (χ4n) is 2.33. The van der Waals surface area contributed by atoms with Crippen LogP contribution in [-0.2, 0) is 0 Å². The molecule has 0 radical (unpaired) electrons. The van der Waals surface area contributed by atoms with Crippen LogP contribution < -0.4 is 0 Å². The summed E-state index contributed by atoms with van der Waals surface area (Å²) in [6.45, 7) is 1.86. The first kappa shape index (κ1) is 11.8. The number of tetrazole rings is 1. The fraction of sp³-hybridized carbons (Fsp3) is 0.0667.